The number of carbonyl (C=O) groups excluding carboxylic acids is 1. The van der Waals surface area contributed by atoms with Crippen LogP contribution >= 0.6 is 0 Å². The summed E-state index contributed by atoms with van der Waals surface area (Å²) in [6, 6.07) is 6.12. The van der Waals surface area contributed by atoms with Gasteiger partial charge in [-0.3, -0.25) is 4.79 Å². The van der Waals surface area contributed by atoms with Gasteiger partial charge in [-0.25, -0.2) is 0 Å². The molecule has 1 aliphatic carbocycles. The first kappa shape index (κ1) is 13.8. The van der Waals surface area contributed by atoms with Gasteiger partial charge < -0.3 is 14.4 Å². The van der Waals surface area contributed by atoms with E-state index in [-0.39, 0.29) is 11.4 Å². The quantitative estimate of drug-likeness (QED) is 0.787. The molecule has 4 heteroatoms. The number of amides is 1. The molecule has 0 radical (unpaired) electrons. The Morgan fingerprint density at radius 3 is 3.00 bits per heavy atom. The van der Waals surface area contributed by atoms with Crippen LogP contribution in [0.3, 0.4) is 0 Å². The number of benzene rings is 1. The smallest absolute Gasteiger partial charge is 0.247 e. The van der Waals surface area contributed by atoms with Crippen molar-refractivity contribution in [2.45, 2.75) is 31.2 Å². The number of hydrogen-bond acceptors (Lipinski definition) is 3. The molecular weight excluding hydrogens is 278 g/mol. The third kappa shape index (κ3) is 2.31. The predicted molar refractivity (Wildman–Crippen MR) is 83.8 cm³/mol. The van der Waals surface area contributed by atoms with Crippen molar-refractivity contribution in [3.05, 3.63) is 35.4 Å². The minimum Gasteiger partial charge on any atom is -0.493 e. The van der Waals surface area contributed by atoms with Gasteiger partial charge in [-0.15, -0.1) is 0 Å². The fraction of sp³-hybridized carbons (Fsp3) is 0.500. The Morgan fingerprint density at radius 2 is 2.18 bits per heavy atom. The Bertz CT molecular complexity index is 619. The second-order valence-electron chi connectivity index (χ2n) is 6.42. The topological polar surface area (TPSA) is 38.8 Å². The number of morpholine rings is 1. The molecule has 1 saturated carbocycles. The predicted octanol–water partition coefficient (Wildman–Crippen LogP) is 2.42. The van der Waals surface area contributed by atoms with Gasteiger partial charge in [-0.2, -0.15) is 0 Å². The SMILES string of the molecule is O=C(/C=C/c1ccc2c(c1)CCO2)N1CCOCC12CCC2. The van der Waals surface area contributed by atoms with Crippen molar-refractivity contribution < 1.29 is 14.3 Å². The summed E-state index contributed by atoms with van der Waals surface area (Å²) in [5, 5.41) is 0. The lowest BCUT2D eigenvalue weighted by Gasteiger charge is -2.52. The largest absolute Gasteiger partial charge is 0.493 e. The minimum absolute atomic E-state index is 0.0224. The zero-order chi connectivity index (χ0) is 15.0. The van der Waals surface area contributed by atoms with Crippen LogP contribution in [0.1, 0.15) is 30.4 Å². The van der Waals surface area contributed by atoms with Gasteiger partial charge in [0.05, 0.1) is 25.4 Å². The summed E-state index contributed by atoms with van der Waals surface area (Å²) in [4.78, 5) is 14.6. The average molecular weight is 299 g/mol. The Hall–Kier alpha value is -1.81. The summed E-state index contributed by atoms with van der Waals surface area (Å²) in [6.07, 6.45) is 7.93. The Balaban J connectivity index is 1.49. The number of carbonyl (C=O) groups is 1. The molecule has 1 amide bonds. The van der Waals surface area contributed by atoms with E-state index in [2.05, 4.69) is 6.07 Å². The molecule has 0 aromatic heterocycles. The Morgan fingerprint density at radius 1 is 1.27 bits per heavy atom. The van der Waals surface area contributed by atoms with Crippen LogP contribution in [0.25, 0.3) is 6.08 Å². The lowest BCUT2D eigenvalue weighted by molar-refractivity contribution is -0.153. The molecule has 2 fully saturated rings. The molecular formula is C18H21NO3. The zero-order valence-electron chi connectivity index (χ0n) is 12.7. The minimum atomic E-state index is -0.0224. The van der Waals surface area contributed by atoms with E-state index < -0.39 is 0 Å². The summed E-state index contributed by atoms with van der Waals surface area (Å²) >= 11 is 0. The first-order valence-electron chi connectivity index (χ1n) is 8.10. The van der Waals surface area contributed by atoms with Gasteiger partial charge in [0.1, 0.15) is 5.75 Å². The molecule has 116 valence electrons. The third-order valence-corrected chi connectivity index (χ3v) is 5.08. The van der Waals surface area contributed by atoms with Crippen molar-refractivity contribution in [1.82, 2.24) is 4.90 Å². The molecule has 2 aliphatic heterocycles. The van der Waals surface area contributed by atoms with Crippen molar-refractivity contribution in [3.63, 3.8) is 0 Å². The van der Waals surface area contributed by atoms with Crippen molar-refractivity contribution in [3.8, 4) is 5.75 Å². The molecule has 22 heavy (non-hydrogen) atoms. The Labute approximate surface area is 130 Å². The van der Waals surface area contributed by atoms with E-state index in [0.29, 0.717) is 19.8 Å². The van der Waals surface area contributed by atoms with E-state index in [9.17, 15) is 4.79 Å². The zero-order valence-corrected chi connectivity index (χ0v) is 12.7. The molecule has 0 unspecified atom stereocenters. The first-order valence-corrected chi connectivity index (χ1v) is 8.10. The molecule has 4 rings (SSSR count). The van der Waals surface area contributed by atoms with Crippen LogP contribution in [0.15, 0.2) is 24.3 Å². The highest BCUT2D eigenvalue weighted by atomic mass is 16.5. The summed E-state index contributed by atoms with van der Waals surface area (Å²) in [7, 11) is 0. The molecule has 0 atom stereocenters. The second kappa shape index (κ2) is 5.43. The maximum Gasteiger partial charge on any atom is 0.247 e. The van der Waals surface area contributed by atoms with Gasteiger partial charge in [0.25, 0.3) is 0 Å². The van der Waals surface area contributed by atoms with E-state index >= 15 is 0 Å². The highest BCUT2D eigenvalue weighted by molar-refractivity contribution is 5.92. The maximum atomic E-state index is 12.6. The number of nitrogens with zero attached hydrogens (tertiary/aromatic N) is 1. The molecule has 3 aliphatic rings. The summed E-state index contributed by atoms with van der Waals surface area (Å²) < 4.78 is 11.1. The van der Waals surface area contributed by atoms with Crippen LogP contribution in [0, 0.1) is 0 Å². The van der Waals surface area contributed by atoms with Crippen LogP contribution in [-0.2, 0) is 16.0 Å². The van der Waals surface area contributed by atoms with Crippen molar-refractivity contribution in [2.75, 3.05) is 26.4 Å². The fourth-order valence-corrected chi connectivity index (χ4v) is 3.64. The monoisotopic (exact) mass is 299 g/mol. The molecule has 1 aromatic rings. The highest BCUT2D eigenvalue weighted by Gasteiger charge is 2.46. The molecule has 2 heterocycles. The molecule has 4 nitrogen and oxygen atoms in total. The standard InChI is InChI=1S/C18H21NO3/c20-17(19-9-11-21-13-18(19)7-1-8-18)5-3-14-2-4-16-15(12-14)6-10-22-16/h2-5,12H,1,6-11,13H2/b5-3+. The summed E-state index contributed by atoms with van der Waals surface area (Å²) in [6.45, 7) is 2.82. The van der Waals surface area contributed by atoms with Crippen LogP contribution < -0.4 is 4.74 Å². The molecule has 0 N–H and O–H groups in total. The molecule has 1 aromatic carbocycles. The van der Waals surface area contributed by atoms with E-state index in [4.69, 9.17) is 9.47 Å². The normalized spacial score (nSPS) is 22.5. The Kier molecular flexibility index (Phi) is 3.41. The van der Waals surface area contributed by atoms with E-state index in [1.165, 1.54) is 12.0 Å². The number of ether oxygens (including phenoxy) is 2. The van der Waals surface area contributed by atoms with Gasteiger partial charge in [-0.05, 0) is 48.6 Å². The second-order valence-corrected chi connectivity index (χ2v) is 6.42. The van der Waals surface area contributed by atoms with Crippen molar-refractivity contribution >= 4 is 12.0 Å². The average Bonchev–Trinajstić information content (AvgIpc) is 2.98. The van der Waals surface area contributed by atoms with Gasteiger partial charge in [-0.1, -0.05) is 6.07 Å². The third-order valence-electron chi connectivity index (χ3n) is 5.08. The first-order chi connectivity index (χ1) is 10.8. The fourth-order valence-electron chi connectivity index (χ4n) is 3.64. The van der Waals surface area contributed by atoms with Crippen LogP contribution in [0.4, 0.5) is 0 Å². The molecule has 1 saturated heterocycles. The van der Waals surface area contributed by atoms with Gasteiger partial charge in [0.15, 0.2) is 0 Å². The molecule has 1 spiro atoms. The highest BCUT2D eigenvalue weighted by Crippen LogP contribution is 2.39. The van der Waals surface area contributed by atoms with Crippen molar-refractivity contribution in [2.24, 2.45) is 0 Å². The lowest BCUT2D eigenvalue weighted by atomic mass is 9.75. The number of hydrogen-bond donors (Lipinski definition) is 0. The van der Waals surface area contributed by atoms with E-state index in [0.717, 1.165) is 37.2 Å². The number of fused-ring (bicyclic) bond motifs is 1. The van der Waals surface area contributed by atoms with Gasteiger partial charge in [0.2, 0.25) is 5.91 Å². The van der Waals surface area contributed by atoms with Crippen molar-refractivity contribution in [1.29, 1.82) is 0 Å². The van der Waals surface area contributed by atoms with Crippen LogP contribution in [0.5, 0.6) is 5.75 Å². The lowest BCUT2D eigenvalue weighted by Crippen LogP contribution is -2.62. The van der Waals surface area contributed by atoms with Crippen LogP contribution in [0.2, 0.25) is 0 Å². The molecule has 0 bridgehead atoms. The van der Waals surface area contributed by atoms with Crippen LogP contribution in [-0.4, -0.2) is 42.7 Å². The number of rotatable bonds is 2. The van der Waals surface area contributed by atoms with E-state index in [1.54, 1.807) is 6.08 Å². The van der Waals surface area contributed by atoms with E-state index in [1.807, 2.05) is 23.1 Å². The summed E-state index contributed by atoms with van der Waals surface area (Å²) in [5.41, 5.74) is 2.27. The van der Waals surface area contributed by atoms with Gasteiger partial charge >= 0.3 is 0 Å². The summed E-state index contributed by atoms with van der Waals surface area (Å²) in [5.74, 6) is 1.09. The maximum absolute atomic E-state index is 12.6. The van der Waals surface area contributed by atoms with Gasteiger partial charge in [0, 0.05) is 19.0 Å².